The van der Waals surface area contributed by atoms with Gasteiger partial charge in [0.05, 0.1) is 6.61 Å². The average Bonchev–Trinajstić information content (AvgIpc) is 3.36. The third kappa shape index (κ3) is 57.4. The van der Waals surface area contributed by atoms with Crippen molar-refractivity contribution in [3.05, 3.63) is 97.2 Å². The Morgan fingerprint density at radius 1 is 0.329 bits per heavy atom. The lowest BCUT2D eigenvalue weighted by Gasteiger charge is -2.15. The number of allylic oxidation sites excluding steroid dienone is 16. The molecule has 0 saturated heterocycles. The van der Waals surface area contributed by atoms with E-state index in [1.54, 1.807) is 0 Å². The number of hydrogen-bond acceptors (Lipinski definition) is 5. The molecule has 1 N–H and O–H groups in total. The average molecular weight is 974 g/mol. The molecular formula is C65H112O5. The van der Waals surface area contributed by atoms with E-state index in [1.807, 2.05) is 0 Å². The predicted molar refractivity (Wildman–Crippen MR) is 306 cm³/mol. The fraction of sp³-hybridized carbons (Fsp3) is 0.723. The fourth-order valence-electron chi connectivity index (χ4n) is 8.48. The molecule has 0 amide bonds. The van der Waals surface area contributed by atoms with Gasteiger partial charge in [-0.3, -0.25) is 9.59 Å². The van der Waals surface area contributed by atoms with Crippen molar-refractivity contribution in [3.8, 4) is 0 Å². The summed E-state index contributed by atoms with van der Waals surface area (Å²) in [5.74, 6) is -0.584. The molecule has 5 nitrogen and oxygen atoms in total. The van der Waals surface area contributed by atoms with Crippen LogP contribution in [0.2, 0.25) is 0 Å². The maximum atomic E-state index is 12.3. The lowest BCUT2D eigenvalue weighted by molar-refractivity contribution is -0.161. The fourth-order valence-corrected chi connectivity index (χ4v) is 8.48. The zero-order chi connectivity index (χ0) is 50.6. The Kier molecular flexibility index (Phi) is 57.4. The van der Waals surface area contributed by atoms with Crippen molar-refractivity contribution < 1.29 is 24.2 Å². The first kappa shape index (κ1) is 66.8. The van der Waals surface area contributed by atoms with Gasteiger partial charge < -0.3 is 14.6 Å². The monoisotopic (exact) mass is 973 g/mol. The molecule has 1 atom stereocenters. The topological polar surface area (TPSA) is 72.8 Å². The van der Waals surface area contributed by atoms with Crippen LogP contribution in [-0.2, 0) is 19.1 Å². The van der Waals surface area contributed by atoms with E-state index in [1.165, 1.54) is 167 Å². The number of ether oxygens (including phenoxy) is 2. The number of aliphatic hydroxyl groups excluding tert-OH is 1. The molecule has 0 rings (SSSR count). The first-order valence-corrected chi connectivity index (χ1v) is 29.8. The Balaban J connectivity index is 3.47. The van der Waals surface area contributed by atoms with Gasteiger partial charge in [-0.15, -0.1) is 0 Å². The molecule has 70 heavy (non-hydrogen) atoms. The summed E-state index contributed by atoms with van der Waals surface area (Å²) in [7, 11) is 0. The Hall–Kier alpha value is -3.18. The molecule has 1 unspecified atom stereocenters. The second kappa shape index (κ2) is 60.1. The predicted octanol–water partition coefficient (Wildman–Crippen LogP) is 20.3. The SMILES string of the molecule is CC/C=C\C/C=C\C/C=C\C/C=C\CCCCCCCCCCCCCCCCCCC(=O)OC(CO)COC(=O)CCCCCCCCCCCCCCCC/C=C\C/C=C\C/C=C\C/C=C\CC. The van der Waals surface area contributed by atoms with Crippen LogP contribution in [-0.4, -0.2) is 36.4 Å². The van der Waals surface area contributed by atoms with Gasteiger partial charge in [-0.1, -0.05) is 278 Å². The first-order chi connectivity index (χ1) is 34.6. The second-order valence-corrected chi connectivity index (χ2v) is 19.7. The lowest BCUT2D eigenvalue weighted by Crippen LogP contribution is -2.28. The van der Waals surface area contributed by atoms with E-state index in [-0.39, 0.29) is 25.2 Å². The molecular weight excluding hydrogens is 861 g/mol. The van der Waals surface area contributed by atoms with Crippen LogP contribution in [0.1, 0.15) is 284 Å². The number of esters is 2. The number of carbonyl (C=O) groups excluding carboxylic acids is 2. The third-order valence-corrected chi connectivity index (χ3v) is 12.9. The minimum absolute atomic E-state index is 0.0675. The van der Waals surface area contributed by atoms with Gasteiger partial charge in [0.15, 0.2) is 6.10 Å². The van der Waals surface area contributed by atoms with E-state index in [2.05, 4.69) is 111 Å². The summed E-state index contributed by atoms with van der Waals surface area (Å²) in [5, 5.41) is 9.67. The van der Waals surface area contributed by atoms with Gasteiger partial charge in [0, 0.05) is 12.8 Å². The summed E-state index contributed by atoms with van der Waals surface area (Å²) in [6.07, 6.45) is 85.3. The largest absolute Gasteiger partial charge is 0.462 e. The molecule has 0 aliphatic carbocycles. The lowest BCUT2D eigenvalue weighted by atomic mass is 10.0. The number of aliphatic hydroxyl groups is 1. The van der Waals surface area contributed by atoms with Crippen LogP contribution in [0.15, 0.2) is 97.2 Å². The normalized spacial score (nSPS) is 12.9. The van der Waals surface area contributed by atoms with Gasteiger partial charge in [-0.25, -0.2) is 0 Å². The standard InChI is InChI=1S/C65H112O5/c1-3-5-7-9-11-13-15-17-19-21-23-25-27-29-31-32-34-36-38-40-42-44-46-48-50-52-54-56-58-60-65(68)70-63(61-66)62-69-64(67)59-57-55-53-51-49-47-45-43-41-39-37-35-33-30-28-26-24-22-20-18-16-14-12-10-8-6-4-2/h5-8,11-14,17-20,23-26,63,66H,3-4,9-10,15-16,21-22,27-62H2,1-2H3/b7-5-,8-6-,13-11-,14-12-,19-17-,20-18-,25-23-,26-24-. The summed E-state index contributed by atoms with van der Waals surface area (Å²) < 4.78 is 10.7. The van der Waals surface area contributed by atoms with E-state index < -0.39 is 6.10 Å². The molecule has 0 bridgehead atoms. The van der Waals surface area contributed by atoms with Gasteiger partial charge in [0.25, 0.3) is 0 Å². The molecule has 0 aliphatic rings. The highest BCUT2D eigenvalue weighted by atomic mass is 16.6. The van der Waals surface area contributed by atoms with Gasteiger partial charge in [0.1, 0.15) is 6.61 Å². The summed E-state index contributed by atoms with van der Waals surface area (Å²) in [6.45, 7) is 3.94. The zero-order valence-electron chi connectivity index (χ0n) is 46.0. The molecule has 0 aliphatic heterocycles. The number of rotatable bonds is 54. The first-order valence-electron chi connectivity index (χ1n) is 29.8. The van der Waals surface area contributed by atoms with Crippen molar-refractivity contribution in [3.63, 3.8) is 0 Å². The molecule has 402 valence electrons. The minimum Gasteiger partial charge on any atom is -0.462 e. The minimum atomic E-state index is -0.777. The van der Waals surface area contributed by atoms with Crippen LogP contribution >= 0.6 is 0 Å². The third-order valence-electron chi connectivity index (χ3n) is 12.9. The van der Waals surface area contributed by atoms with Crippen molar-refractivity contribution in [1.29, 1.82) is 0 Å². The molecule has 0 heterocycles. The molecule has 0 spiro atoms. The quantitative estimate of drug-likeness (QED) is 0.0373. The molecule has 0 aromatic carbocycles. The van der Waals surface area contributed by atoms with E-state index in [0.717, 1.165) is 89.9 Å². The summed E-state index contributed by atoms with van der Waals surface area (Å²) in [5.41, 5.74) is 0. The Bertz CT molecular complexity index is 1330. The highest BCUT2D eigenvalue weighted by Gasteiger charge is 2.16. The smallest absolute Gasteiger partial charge is 0.306 e. The number of unbranched alkanes of at least 4 members (excludes halogenated alkanes) is 30. The van der Waals surface area contributed by atoms with E-state index in [9.17, 15) is 14.7 Å². The highest BCUT2D eigenvalue weighted by molar-refractivity contribution is 5.70. The molecule has 0 radical (unpaired) electrons. The molecule has 0 fully saturated rings. The van der Waals surface area contributed by atoms with Gasteiger partial charge in [-0.05, 0) is 89.9 Å². The van der Waals surface area contributed by atoms with Crippen molar-refractivity contribution >= 4 is 11.9 Å². The number of hydrogen-bond donors (Lipinski definition) is 1. The summed E-state index contributed by atoms with van der Waals surface area (Å²) >= 11 is 0. The van der Waals surface area contributed by atoms with Crippen LogP contribution in [0.25, 0.3) is 0 Å². The van der Waals surface area contributed by atoms with Crippen LogP contribution in [0.4, 0.5) is 0 Å². The summed E-state index contributed by atoms with van der Waals surface area (Å²) in [6, 6.07) is 0. The van der Waals surface area contributed by atoms with Crippen molar-refractivity contribution in [2.24, 2.45) is 0 Å². The molecule has 0 aromatic heterocycles. The van der Waals surface area contributed by atoms with Crippen LogP contribution in [0.3, 0.4) is 0 Å². The molecule has 5 heteroatoms. The Morgan fingerprint density at radius 2 is 0.571 bits per heavy atom. The van der Waals surface area contributed by atoms with E-state index >= 15 is 0 Å². The van der Waals surface area contributed by atoms with Gasteiger partial charge >= 0.3 is 11.9 Å². The Labute approximate surface area is 434 Å². The van der Waals surface area contributed by atoms with Gasteiger partial charge in [-0.2, -0.15) is 0 Å². The maximum Gasteiger partial charge on any atom is 0.306 e. The van der Waals surface area contributed by atoms with E-state index in [4.69, 9.17) is 9.47 Å². The summed E-state index contributed by atoms with van der Waals surface area (Å²) in [4.78, 5) is 24.6. The highest BCUT2D eigenvalue weighted by Crippen LogP contribution is 2.17. The number of carbonyl (C=O) groups is 2. The van der Waals surface area contributed by atoms with Crippen molar-refractivity contribution in [2.45, 2.75) is 290 Å². The van der Waals surface area contributed by atoms with Crippen LogP contribution < -0.4 is 0 Å². The van der Waals surface area contributed by atoms with Crippen molar-refractivity contribution in [2.75, 3.05) is 13.2 Å². The van der Waals surface area contributed by atoms with Crippen LogP contribution in [0.5, 0.6) is 0 Å². The molecule has 0 aromatic rings. The van der Waals surface area contributed by atoms with Gasteiger partial charge in [0.2, 0.25) is 0 Å². The van der Waals surface area contributed by atoms with Crippen molar-refractivity contribution in [1.82, 2.24) is 0 Å². The second-order valence-electron chi connectivity index (χ2n) is 19.7. The Morgan fingerprint density at radius 3 is 0.857 bits per heavy atom. The van der Waals surface area contributed by atoms with Crippen LogP contribution in [0, 0.1) is 0 Å². The zero-order valence-corrected chi connectivity index (χ0v) is 46.0. The molecule has 0 saturated carbocycles. The maximum absolute atomic E-state index is 12.3. The van der Waals surface area contributed by atoms with E-state index in [0.29, 0.717) is 12.8 Å².